The predicted molar refractivity (Wildman–Crippen MR) is 108 cm³/mol. The Balaban J connectivity index is 1.51. The molecule has 0 bridgehead atoms. The van der Waals surface area contributed by atoms with Crippen LogP contribution in [0.15, 0.2) is 53.4 Å². The largest absolute Gasteiger partial charge is 0.453 e. The van der Waals surface area contributed by atoms with Crippen LogP contribution in [0.2, 0.25) is 0 Å². The van der Waals surface area contributed by atoms with Gasteiger partial charge in [0.15, 0.2) is 18.1 Å². The molecule has 0 radical (unpaired) electrons. The summed E-state index contributed by atoms with van der Waals surface area (Å²) in [6.07, 6.45) is 4.39. The van der Waals surface area contributed by atoms with Gasteiger partial charge in [0.1, 0.15) is 5.82 Å². The Morgan fingerprint density at radius 2 is 1.83 bits per heavy atom. The number of hydrogen-bond acceptors (Lipinski definition) is 5. The van der Waals surface area contributed by atoms with E-state index in [1.807, 2.05) is 18.4 Å². The summed E-state index contributed by atoms with van der Waals surface area (Å²) in [5, 5.41) is 4.41. The minimum absolute atomic E-state index is 0.229. The number of benzene rings is 2. The molecule has 0 fully saturated rings. The van der Waals surface area contributed by atoms with Crippen molar-refractivity contribution < 1.29 is 18.7 Å². The van der Waals surface area contributed by atoms with Crippen molar-refractivity contribution in [3.8, 4) is 5.69 Å². The van der Waals surface area contributed by atoms with E-state index in [1.165, 1.54) is 12.1 Å². The first kappa shape index (κ1) is 19.4. The van der Waals surface area contributed by atoms with Crippen LogP contribution in [0.3, 0.4) is 0 Å². The summed E-state index contributed by atoms with van der Waals surface area (Å²) < 4.78 is 20.2. The SMILES string of the molecule is CSc1ccc(C(=O)COC(=O)c2nn(-c3ccc(F)cc3)c3c2CCC3)cc1. The van der Waals surface area contributed by atoms with Gasteiger partial charge in [0.05, 0.1) is 5.69 Å². The Labute approximate surface area is 171 Å². The fraction of sp³-hybridized carbons (Fsp3) is 0.227. The Kier molecular flexibility index (Phi) is 5.49. The maximum absolute atomic E-state index is 13.2. The molecule has 1 heterocycles. The maximum Gasteiger partial charge on any atom is 0.359 e. The van der Waals surface area contributed by atoms with Crippen LogP contribution >= 0.6 is 11.8 Å². The second-order valence-electron chi connectivity index (χ2n) is 6.74. The molecule has 4 rings (SSSR count). The van der Waals surface area contributed by atoms with Gasteiger partial charge in [0.2, 0.25) is 0 Å². The third-order valence-electron chi connectivity index (χ3n) is 4.94. The smallest absolute Gasteiger partial charge is 0.359 e. The Hall–Kier alpha value is -2.93. The number of carbonyl (C=O) groups excluding carboxylic acids is 2. The van der Waals surface area contributed by atoms with Gasteiger partial charge >= 0.3 is 5.97 Å². The molecule has 1 aromatic heterocycles. The van der Waals surface area contributed by atoms with Crippen molar-refractivity contribution in [2.75, 3.05) is 12.9 Å². The number of Topliss-reactive ketones (excluding diaryl/α,β-unsaturated/α-hetero) is 1. The van der Waals surface area contributed by atoms with Gasteiger partial charge in [0, 0.05) is 21.7 Å². The van der Waals surface area contributed by atoms with Crippen LogP contribution < -0.4 is 0 Å². The van der Waals surface area contributed by atoms with Crippen molar-refractivity contribution in [3.63, 3.8) is 0 Å². The number of carbonyl (C=O) groups is 2. The summed E-state index contributed by atoms with van der Waals surface area (Å²) in [5.74, 6) is -1.21. The van der Waals surface area contributed by atoms with E-state index in [-0.39, 0.29) is 23.9 Å². The summed E-state index contributed by atoms with van der Waals surface area (Å²) in [6, 6.07) is 13.1. The third kappa shape index (κ3) is 3.96. The topological polar surface area (TPSA) is 61.2 Å². The molecule has 148 valence electrons. The van der Waals surface area contributed by atoms with Crippen LogP contribution in [0.25, 0.3) is 5.69 Å². The van der Waals surface area contributed by atoms with Crippen LogP contribution in [0.4, 0.5) is 4.39 Å². The van der Waals surface area contributed by atoms with Crippen LogP contribution in [0.5, 0.6) is 0 Å². The number of fused-ring (bicyclic) bond motifs is 1. The monoisotopic (exact) mass is 410 g/mol. The molecule has 0 spiro atoms. The van der Waals surface area contributed by atoms with E-state index in [2.05, 4.69) is 5.10 Å². The quantitative estimate of drug-likeness (QED) is 0.345. The molecule has 0 N–H and O–H groups in total. The van der Waals surface area contributed by atoms with Crippen LogP contribution in [-0.4, -0.2) is 34.4 Å². The molecule has 0 saturated heterocycles. The number of nitrogens with zero attached hydrogens (tertiary/aromatic N) is 2. The van der Waals surface area contributed by atoms with Crippen LogP contribution in [0, 0.1) is 5.82 Å². The number of hydrogen-bond donors (Lipinski definition) is 0. The standard InChI is InChI=1S/C22H19FN2O3S/c1-29-17-11-5-14(6-12-17)20(26)13-28-22(27)21-18-3-2-4-19(18)25(24-21)16-9-7-15(23)8-10-16/h5-12H,2-4,13H2,1H3. The average molecular weight is 410 g/mol. The van der Waals surface area contributed by atoms with Gasteiger partial charge in [-0.15, -0.1) is 11.8 Å². The van der Waals surface area contributed by atoms with Gasteiger partial charge in [-0.3, -0.25) is 4.79 Å². The second kappa shape index (κ2) is 8.21. The number of esters is 1. The second-order valence-corrected chi connectivity index (χ2v) is 7.62. The van der Waals surface area contributed by atoms with E-state index in [1.54, 1.807) is 40.7 Å². The molecule has 0 saturated carbocycles. The summed E-state index contributed by atoms with van der Waals surface area (Å²) in [4.78, 5) is 26.0. The highest BCUT2D eigenvalue weighted by atomic mass is 32.2. The first-order chi connectivity index (χ1) is 14.1. The molecule has 3 aromatic rings. The molecular weight excluding hydrogens is 391 g/mol. The fourth-order valence-corrected chi connectivity index (χ4v) is 3.87. The van der Waals surface area contributed by atoms with Gasteiger partial charge in [0.25, 0.3) is 0 Å². The number of thioether (sulfide) groups is 1. The van der Waals surface area contributed by atoms with Crippen molar-refractivity contribution in [1.82, 2.24) is 9.78 Å². The first-order valence-corrected chi connectivity index (χ1v) is 10.5. The van der Waals surface area contributed by atoms with Crippen molar-refractivity contribution >= 4 is 23.5 Å². The number of ether oxygens (including phenoxy) is 1. The Morgan fingerprint density at radius 3 is 2.52 bits per heavy atom. The maximum atomic E-state index is 13.2. The third-order valence-corrected chi connectivity index (χ3v) is 5.68. The van der Waals surface area contributed by atoms with Crippen molar-refractivity contribution in [2.45, 2.75) is 24.2 Å². The van der Waals surface area contributed by atoms with Gasteiger partial charge in [-0.1, -0.05) is 12.1 Å². The molecule has 0 atom stereocenters. The molecule has 7 heteroatoms. The van der Waals surface area contributed by atoms with E-state index >= 15 is 0 Å². The summed E-state index contributed by atoms with van der Waals surface area (Å²) in [7, 11) is 0. The minimum atomic E-state index is -0.613. The van der Waals surface area contributed by atoms with E-state index in [0.717, 1.165) is 35.4 Å². The molecule has 1 aliphatic rings. The van der Waals surface area contributed by atoms with Crippen LogP contribution in [-0.2, 0) is 17.6 Å². The molecule has 1 aliphatic carbocycles. The zero-order valence-electron chi connectivity index (χ0n) is 15.9. The van der Waals surface area contributed by atoms with Gasteiger partial charge in [-0.25, -0.2) is 13.9 Å². The van der Waals surface area contributed by atoms with E-state index in [4.69, 9.17) is 4.74 Å². The van der Waals surface area contributed by atoms with Crippen molar-refractivity contribution in [3.05, 3.63) is 76.9 Å². The molecular formula is C22H19FN2O3S. The lowest BCUT2D eigenvalue weighted by atomic mass is 10.1. The molecule has 2 aromatic carbocycles. The normalized spacial score (nSPS) is 12.6. The number of halogens is 1. The Morgan fingerprint density at radius 1 is 1.10 bits per heavy atom. The fourth-order valence-electron chi connectivity index (χ4n) is 3.46. The highest BCUT2D eigenvalue weighted by Crippen LogP contribution is 2.28. The molecule has 0 aliphatic heterocycles. The highest BCUT2D eigenvalue weighted by Gasteiger charge is 2.28. The average Bonchev–Trinajstić information content (AvgIpc) is 3.35. The predicted octanol–water partition coefficient (Wildman–Crippen LogP) is 4.26. The summed E-state index contributed by atoms with van der Waals surface area (Å²) >= 11 is 1.59. The van der Waals surface area contributed by atoms with E-state index in [0.29, 0.717) is 11.3 Å². The lowest BCUT2D eigenvalue weighted by Gasteiger charge is -2.05. The van der Waals surface area contributed by atoms with Gasteiger partial charge in [-0.2, -0.15) is 5.10 Å². The number of aromatic nitrogens is 2. The Bertz CT molecular complexity index is 1060. The van der Waals surface area contributed by atoms with Gasteiger partial charge in [-0.05, 0) is 61.9 Å². The number of rotatable bonds is 6. The first-order valence-electron chi connectivity index (χ1n) is 9.28. The summed E-state index contributed by atoms with van der Waals surface area (Å²) in [5.41, 5.74) is 3.19. The summed E-state index contributed by atoms with van der Waals surface area (Å²) in [6.45, 7) is -0.338. The van der Waals surface area contributed by atoms with E-state index in [9.17, 15) is 14.0 Å². The molecule has 5 nitrogen and oxygen atoms in total. The van der Waals surface area contributed by atoms with Crippen molar-refractivity contribution in [1.29, 1.82) is 0 Å². The zero-order valence-corrected chi connectivity index (χ0v) is 16.7. The number of ketones is 1. The van der Waals surface area contributed by atoms with E-state index < -0.39 is 5.97 Å². The van der Waals surface area contributed by atoms with Crippen LogP contribution in [0.1, 0.15) is 38.5 Å². The molecule has 0 unspecified atom stereocenters. The van der Waals surface area contributed by atoms with Crippen molar-refractivity contribution in [2.24, 2.45) is 0 Å². The molecule has 0 amide bonds. The highest BCUT2D eigenvalue weighted by molar-refractivity contribution is 7.98. The minimum Gasteiger partial charge on any atom is -0.453 e. The molecule has 29 heavy (non-hydrogen) atoms. The lowest BCUT2D eigenvalue weighted by Crippen LogP contribution is -2.16. The zero-order chi connectivity index (χ0) is 20.4. The lowest BCUT2D eigenvalue weighted by molar-refractivity contribution is 0.0467. The van der Waals surface area contributed by atoms with Gasteiger partial charge < -0.3 is 4.74 Å².